The van der Waals surface area contributed by atoms with Crippen LogP contribution in [-0.2, 0) is 4.79 Å². The standard InChI is InChI=1S/C18H18N4O2/c1-13-3-9-17(10-4-13)24-14(2)18(23)21-15-5-7-16(8-6-15)22-19-11-12-20-22/h3-12,14H,1-2H3,(H,21,23). The zero-order valence-electron chi connectivity index (χ0n) is 13.5. The Morgan fingerprint density at radius 2 is 1.67 bits per heavy atom. The van der Waals surface area contributed by atoms with Crippen LogP contribution in [0.2, 0.25) is 0 Å². The summed E-state index contributed by atoms with van der Waals surface area (Å²) in [7, 11) is 0. The van der Waals surface area contributed by atoms with Gasteiger partial charge >= 0.3 is 0 Å². The first-order chi connectivity index (χ1) is 11.6. The van der Waals surface area contributed by atoms with E-state index in [4.69, 9.17) is 4.74 Å². The van der Waals surface area contributed by atoms with Crippen molar-refractivity contribution >= 4 is 11.6 Å². The molecular formula is C18H18N4O2. The molecule has 0 aliphatic rings. The molecule has 0 aliphatic heterocycles. The number of carbonyl (C=O) groups excluding carboxylic acids is 1. The van der Waals surface area contributed by atoms with Crippen molar-refractivity contribution in [2.75, 3.05) is 5.32 Å². The number of ether oxygens (including phenoxy) is 1. The molecule has 122 valence electrons. The van der Waals surface area contributed by atoms with Gasteiger partial charge in [-0.15, -0.1) is 0 Å². The number of carbonyl (C=O) groups is 1. The molecule has 1 atom stereocenters. The number of anilines is 1. The van der Waals surface area contributed by atoms with E-state index in [1.165, 1.54) is 4.80 Å². The van der Waals surface area contributed by atoms with Gasteiger partial charge < -0.3 is 10.1 Å². The Hall–Kier alpha value is -3.15. The molecule has 0 spiro atoms. The van der Waals surface area contributed by atoms with Gasteiger partial charge in [-0.25, -0.2) is 0 Å². The average molecular weight is 322 g/mol. The lowest BCUT2D eigenvalue weighted by molar-refractivity contribution is -0.122. The van der Waals surface area contributed by atoms with E-state index in [2.05, 4.69) is 15.5 Å². The van der Waals surface area contributed by atoms with Crippen molar-refractivity contribution in [3.8, 4) is 11.4 Å². The van der Waals surface area contributed by atoms with E-state index in [1.807, 2.05) is 43.3 Å². The van der Waals surface area contributed by atoms with Crippen molar-refractivity contribution in [2.45, 2.75) is 20.0 Å². The van der Waals surface area contributed by atoms with Crippen LogP contribution < -0.4 is 10.1 Å². The van der Waals surface area contributed by atoms with Crippen molar-refractivity contribution in [2.24, 2.45) is 0 Å². The minimum Gasteiger partial charge on any atom is -0.481 e. The third-order valence-corrected chi connectivity index (χ3v) is 3.49. The molecule has 1 unspecified atom stereocenters. The van der Waals surface area contributed by atoms with Crippen LogP contribution in [0.5, 0.6) is 5.75 Å². The molecule has 0 aliphatic carbocycles. The first kappa shape index (κ1) is 15.7. The number of aromatic nitrogens is 3. The Bertz CT molecular complexity index is 796. The monoisotopic (exact) mass is 322 g/mol. The van der Waals surface area contributed by atoms with E-state index < -0.39 is 6.10 Å². The van der Waals surface area contributed by atoms with Crippen LogP contribution in [0.3, 0.4) is 0 Å². The van der Waals surface area contributed by atoms with Gasteiger partial charge in [-0.1, -0.05) is 17.7 Å². The largest absolute Gasteiger partial charge is 0.481 e. The van der Waals surface area contributed by atoms with Gasteiger partial charge in [0, 0.05) is 5.69 Å². The summed E-state index contributed by atoms with van der Waals surface area (Å²) in [5.74, 6) is 0.462. The zero-order chi connectivity index (χ0) is 16.9. The number of nitrogens with one attached hydrogen (secondary N) is 1. The summed E-state index contributed by atoms with van der Waals surface area (Å²) in [6, 6.07) is 14.9. The highest BCUT2D eigenvalue weighted by Gasteiger charge is 2.14. The quantitative estimate of drug-likeness (QED) is 0.784. The van der Waals surface area contributed by atoms with Gasteiger partial charge in [-0.05, 0) is 50.2 Å². The van der Waals surface area contributed by atoms with Gasteiger partial charge in [-0.3, -0.25) is 4.79 Å². The lowest BCUT2D eigenvalue weighted by atomic mass is 10.2. The van der Waals surface area contributed by atoms with Crippen LogP contribution in [0, 0.1) is 6.92 Å². The minimum absolute atomic E-state index is 0.208. The van der Waals surface area contributed by atoms with E-state index in [1.54, 1.807) is 31.5 Å². The van der Waals surface area contributed by atoms with Gasteiger partial charge in [0.05, 0.1) is 18.1 Å². The molecule has 3 rings (SSSR count). The van der Waals surface area contributed by atoms with E-state index >= 15 is 0 Å². The molecule has 6 heteroatoms. The fourth-order valence-corrected chi connectivity index (χ4v) is 2.15. The summed E-state index contributed by atoms with van der Waals surface area (Å²) in [5.41, 5.74) is 2.66. The van der Waals surface area contributed by atoms with E-state index in [-0.39, 0.29) is 5.91 Å². The fraction of sp³-hybridized carbons (Fsp3) is 0.167. The SMILES string of the molecule is Cc1ccc(OC(C)C(=O)Nc2ccc(-n3nccn3)cc2)cc1. The van der Waals surface area contributed by atoms with Gasteiger partial charge in [0.1, 0.15) is 5.75 Å². The molecule has 1 N–H and O–H groups in total. The summed E-state index contributed by atoms with van der Waals surface area (Å²) in [6.45, 7) is 3.72. The normalized spacial score (nSPS) is 11.8. The second-order valence-corrected chi connectivity index (χ2v) is 5.43. The topological polar surface area (TPSA) is 69.0 Å². The zero-order valence-corrected chi connectivity index (χ0v) is 13.5. The second kappa shape index (κ2) is 6.95. The first-order valence-corrected chi connectivity index (χ1v) is 7.63. The van der Waals surface area contributed by atoms with Crippen molar-refractivity contribution in [1.82, 2.24) is 15.0 Å². The fourth-order valence-electron chi connectivity index (χ4n) is 2.15. The number of rotatable bonds is 5. The van der Waals surface area contributed by atoms with Crippen LogP contribution >= 0.6 is 0 Å². The maximum Gasteiger partial charge on any atom is 0.265 e. The lowest BCUT2D eigenvalue weighted by Gasteiger charge is -2.15. The molecule has 1 heterocycles. The average Bonchev–Trinajstić information content (AvgIpc) is 3.12. The molecule has 6 nitrogen and oxygen atoms in total. The van der Waals surface area contributed by atoms with Crippen LogP contribution in [0.1, 0.15) is 12.5 Å². The molecule has 1 aromatic heterocycles. The number of hydrogen-bond acceptors (Lipinski definition) is 4. The first-order valence-electron chi connectivity index (χ1n) is 7.63. The van der Waals surface area contributed by atoms with E-state index in [9.17, 15) is 4.79 Å². The highest BCUT2D eigenvalue weighted by Crippen LogP contribution is 2.15. The molecule has 1 amide bonds. The van der Waals surface area contributed by atoms with E-state index in [0.29, 0.717) is 11.4 Å². The number of hydrogen-bond donors (Lipinski definition) is 1. The number of amides is 1. The van der Waals surface area contributed by atoms with Crippen LogP contribution in [0.25, 0.3) is 5.69 Å². The number of aryl methyl sites for hydroxylation is 1. The molecule has 24 heavy (non-hydrogen) atoms. The second-order valence-electron chi connectivity index (χ2n) is 5.43. The predicted molar refractivity (Wildman–Crippen MR) is 91.3 cm³/mol. The summed E-state index contributed by atoms with van der Waals surface area (Å²) >= 11 is 0. The van der Waals surface area contributed by atoms with Crippen LogP contribution in [0.15, 0.2) is 60.9 Å². The Balaban J connectivity index is 1.60. The molecule has 0 fully saturated rings. The third-order valence-electron chi connectivity index (χ3n) is 3.49. The van der Waals surface area contributed by atoms with Gasteiger partial charge in [0.2, 0.25) is 0 Å². The van der Waals surface area contributed by atoms with Crippen molar-refractivity contribution in [1.29, 1.82) is 0 Å². The van der Waals surface area contributed by atoms with Crippen molar-refractivity contribution < 1.29 is 9.53 Å². The summed E-state index contributed by atoms with van der Waals surface area (Å²) < 4.78 is 5.65. The molecule has 0 bridgehead atoms. The number of nitrogens with zero attached hydrogens (tertiary/aromatic N) is 3. The van der Waals surface area contributed by atoms with Crippen molar-refractivity contribution in [3.63, 3.8) is 0 Å². The lowest BCUT2D eigenvalue weighted by Crippen LogP contribution is -2.30. The van der Waals surface area contributed by atoms with Crippen LogP contribution in [0.4, 0.5) is 5.69 Å². The van der Waals surface area contributed by atoms with Gasteiger partial charge in [-0.2, -0.15) is 15.0 Å². The van der Waals surface area contributed by atoms with Crippen molar-refractivity contribution in [3.05, 3.63) is 66.5 Å². The summed E-state index contributed by atoms with van der Waals surface area (Å²) in [4.78, 5) is 13.7. The highest BCUT2D eigenvalue weighted by atomic mass is 16.5. The summed E-state index contributed by atoms with van der Waals surface area (Å²) in [6.07, 6.45) is 2.62. The Morgan fingerprint density at radius 3 is 2.29 bits per heavy atom. The Labute approximate surface area is 140 Å². The van der Waals surface area contributed by atoms with Gasteiger partial charge in [0.15, 0.2) is 6.10 Å². The van der Waals surface area contributed by atoms with E-state index in [0.717, 1.165) is 11.3 Å². The molecule has 0 saturated carbocycles. The summed E-state index contributed by atoms with van der Waals surface area (Å²) in [5, 5.41) is 10.9. The molecule has 0 radical (unpaired) electrons. The molecule has 3 aromatic rings. The molecular weight excluding hydrogens is 304 g/mol. The van der Waals surface area contributed by atoms with Crippen LogP contribution in [-0.4, -0.2) is 27.0 Å². The number of benzene rings is 2. The Kier molecular flexibility index (Phi) is 4.56. The maximum atomic E-state index is 12.2. The Morgan fingerprint density at radius 1 is 1.04 bits per heavy atom. The minimum atomic E-state index is -0.597. The maximum absolute atomic E-state index is 12.2. The predicted octanol–water partition coefficient (Wildman–Crippen LogP) is 2.98. The molecule has 2 aromatic carbocycles. The van der Waals surface area contributed by atoms with Gasteiger partial charge in [0.25, 0.3) is 5.91 Å². The third kappa shape index (κ3) is 3.78. The highest BCUT2D eigenvalue weighted by molar-refractivity contribution is 5.94. The molecule has 0 saturated heterocycles. The smallest absolute Gasteiger partial charge is 0.265 e.